The maximum absolute atomic E-state index is 12.7. The van der Waals surface area contributed by atoms with E-state index in [1.54, 1.807) is 17.0 Å². The van der Waals surface area contributed by atoms with E-state index in [0.29, 0.717) is 23.6 Å². The number of nitriles is 1. The summed E-state index contributed by atoms with van der Waals surface area (Å²) in [6.07, 6.45) is 1.29. The van der Waals surface area contributed by atoms with E-state index < -0.39 is 0 Å². The highest BCUT2D eigenvalue weighted by Gasteiger charge is 2.21. The molecule has 0 aliphatic carbocycles. The van der Waals surface area contributed by atoms with Crippen LogP contribution in [0, 0.1) is 11.3 Å². The van der Waals surface area contributed by atoms with Crippen LogP contribution in [0.1, 0.15) is 44.0 Å². The van der Waals surface area contributed by atoms with Crippen molar-refractivity contribution in [2.45, 2.75) is 39.7 Å². The van der Waals surface area contributed by atoms with Gasteiger partial charge in [-0.25, -0.2) is 0 Å². The maximum Gasteiger partial charge on any atom is 0.256 e. The zero-order valence-corrected chi connectivity index (χ0v) is 13.6. The van der Waals surface area contributed by atoms with E-state index >= 15 is 0 Å². The van der Waals surface area contributed by atoms with Gasteiger partial charge in [0.1, 0.15) is 0 Å². The first-order chi connectivity index (χ1) is 10.0. The number of rotatable bonds is 7. The number of hydrogen-bond donors (Lipinski definition) is 1. The number of anilines is 1. The average molecular weight is 308 g/mol. The Balaban J connectivity index is 3.07. The molecule has 0 saturated carbocycles. The van der Waals surface area contributed by atoms with Crippen LogP contribution in [0.3, 0.4) is 0 Å². The third-order valence-corrected chi connectivity index (χ3v) is 3.36. The fourth-order valence-electron chi connectivity index (χ4n) is 2.03. The summed E-state index contributed by atoms with van der Waals surface area (Å²) in [6.45, 7) is 7.17. The summed E-state index contributed by atoms with van der Waals surface area (Å²) in [5.74, 6) is -0.0960. The lowest BCUT2D eigenvalue weighted by atomic mass is 10.1. The molecule has 1 N–H and O–H groups in total. The average Bonchev–Trinajstić information content (AvgIpc) is 2.45. The lowest BCUT2D eigenvalue weighted by Gasteiger charge is -2.27. The lowest BCUT2D eigenvalue weighted by molar-refractivity contribution is 0.0711. The van der Waals surface area contributed by atoms with Gasteiger partial charge in [0.05, 0.1) is 18.1 Å². The molecule has 0 spiro atoms. The van der Waals surface area contributed by atoms with Crippen LogP contribution in [-0.2, 0) is 0 Å². The molecule has 0 bridgehead atoms. The van der Waals surface area contributed by atoms with E-state index in [0.717, 1.165) is 18.7 Å². The normalized spacial score (nSPS) is 10.3. The van der Waals surface area contributed by atoms with Gasteiger partial charge >= 0.3 is 0 Å². The molecule has 0 saturated heterocycles. The molecule has 21 heavy (non-hydrogen) atoms. The van der Waals surface area contributed by atoms with Gasteiger partial charge in [0.15, 0.2) is 0 Å². The zero-order chi connectivity index (χ0) is 15.8. The third kappa shape index (κ3) is 4.95. The second-order valence-corrected chi connectivity index (χ2v) is 5.55. The number of nitrogens with one attached hydrogen (secondary N) is 1. The van der Waals surface area contributed by atoms with E-state index in [-0.39, 0.29) is 11.9 Å². The van der Waals surface area contributed by atoms with Crippen molar-refractivity contribution in [1.29, 1.82) is 5.26 Å². The SMILES string of the molecule is CCCNc1ccc(Cl)cc1C(=O)N(CCC#N)C(C)C. The van der Waals surface area contributed by atoms with Crippen LogP contribution < -0.4 is 5.32 Å². The van der Waals surface area contributed by atoms with Crippen LogP contribution in [0.5, 0.6) is 0 Å². The summed E-state index contributed by atoms with van der Waals surface area (Å²) < 4.78 is 0. The first-order valence-corrected chi connectivity index (χ1v) is 7.60. The van der Waals surface area contributed by atoms with Crippen molar-refractivity contribution >= 4 is 23.2 Å². The first kappa shape index (κ1) is 17.3. The number of halogens is 1. The molecule has 0 aromatic heterocycles. The Bertz CT molecular complexity index is 523. The van der Waals surface area contributed by atoms with Crippen LogP contribution in [0.2, 0.25) is 5.02 Å². The quantitative estimate of drug-likeness (QED) is 0.830. The molecule has 0 fully saturated rings. The van der Waals surface area contributed by atoms with E-state index in [4.69, 9.17) is 16.9 Å². The number of carbonyl (C=O) groups is 1. The van der Waals surface area contributed by atoms with Gasteiger partial charge in [-0.2, -0.15) is 5.26 Å². The summed E-state index contributed by atoms with van der Waals surface area (Å²) in [7, 11) is 0. The van der Waals surface area contributed by atoms with Crippen LogP contribution in [-0.4, -0.2) is 29.9 Å². The fourth-order valence-corrected chi connectivity index (χ4v) is 2.20. The Hall–Kier alpha value is -1.73. The number of amides is 1. The molecule has 1 aromatic carbocycles. The first-order valence-electron chi connectivity index (χ1n) is 7.22. The van der Waals surface area contributed by atoms with Crippen molar-refractivity contribution in [3.8, 4) is 6.07 Å². The molecule has 0 aliphatic heterocycles. The van der Waals surface area contributed by atoms with Gasteiger partial charge in [-0.15, -0.1) is 0 Å². The van der Waals surface area contributed by atoms with E-state index in [9.17, 15) is 4.79 Å². The summed E-state index contributed by atoms with van der Waals surface area (Å²) >= 11 is 6.03. The van der Waals surface area contributed by atoms with E-state index in [1.807, 2.05) is 19.9 Å². The molecule has 1 amide bonds. The summed E-state index contributed by atoms with van der Waals surface area (Å²) in [4.78, 5) is 14.4. The molecule has 5 heteroatoms. The maximum atomic E-state index is 12.7. The minimum absolute atomic E-state index is 0.0313. The summed E-state index contributed by atoms with van der Waals surface area (Å²) in [5, 5.41) is 12.5. The number of nitrogens with zero attached hydrogens (tertiary/aromatic N) is 2. The lowest BCUT2D eigenvalue weighted by Crippen LogP contribution is -2.38. The smallest absolute Gasteiger partial charge is 0.256 e. The zero-order valence-electron chi connectivity index (χ0n) is 12.8. The van der Waals surface area contributed by atoms with Crippen LogP contribution >= 0.6 is 11.6 Å². The molecular weight excluding hydrogens is 286 g/mol. The molecular formula is C16H22ClN3O. The van der Waals surface area contributed by atoms with Gasteiger partial charge in [-0.1, -0.05) is 18.5 Å². The monoisotopic (exact) mass is 307 g/mol. The molecule has 1 aromatic rings. The highest BCUT2D eigenvalue weighted by molar-refractivity contribution is 6.31. The standard InChI is InChI=1S/C16H22ClN3O/c1-4-9-19-15-7-6-13(17)11-14(15)16(21)20(12(2)3)10-5-8-18/h6-7,11-12,19H,4-5,9-10H2,1-3H3. The van der Waals surface area contributed by atoms with Crippen LogP contribution in [0.4, 0.5) is 5.69 Å². The number of carbonyl (C=O) groups excluding carboxylic acids is 1. The largest absolute Gasteiger partial charge is 0.384 e. The van der Waals surface area contributed by atoms with Crippen LogP contribution in [0.25, 0.3) is 0 Å². The van der Waals surface area contributed by atoms with E-state index in [1.165, 1.54) is 0 Å². The Kier molecular flexibility index (Phi) is 7.04. The van der Waals surface area contributed by atoms with Gasteiger partial charge in [0.25, 0.3) is 5.91 Å². The Morgan fingerprint density at radius 2 is 2.19 bits per heavy atom. The number of benzene rings is 1. The highest BCUT2D eigenvalue weighted by Crippen LogP contribution is 2.23. The Morgan fingerprint density at radius 3 is 2.76 bits per heavy atom. The second kappa shape index (κ2) is 8.53. The highest BCUT2D eigenvalue weighted by atomic mass is 35.5. The van der Waals surface area contributed by atoms with Crippen LogP contribution in [0.15, 0.2) is 18.2 Å². The minimum Gasteiger partial charge on any atom is -0.384 e. The van der Waals surface area contributed by atoms with Gasteiger partial charge < -0.3 is 10.2 Å². The molecule has 0 radical (unpaired) electrons. The topological polar surface area (TPSA) is 56.1 Å². The number of hydrogen-bond acceptors (Lipinski definition) is 3. The Morgan fingerprint density at radius 1 is 1.48 bits per heavy atom. The van der Waals surface area contributed by atoms with Crippen molar-refractivity contribution < 1.29 is 4.79 Å². The molecule has 0 aliphatic rings. The summed E-state index contributed by atoms with van der Waals surface area (Å²) in [6, 6.07) is 7.40. The summed E-state index contributed by atoms with van der Waals surface area (Å²) in [5.41, 5.74) is 1.34. The fraction of sp³-hybridized carbons (Fsp3) is 0.500. The molecule has 0 unspecified atom stereocenters. The molecule has 1 rings (SSSR count). The molecule has 0 atom stereocenters. The Labute approximate surface area is 131 Å². The van der Waals surface area contributed by atoms with Gasteiger partial charge in [-0.3, -0.25) is 4.79 Å². The second-order valence-electron chi connectivity index (χ2n) is 5.12. The van der Waals surface area contributed by atoms with Crippen molar-refractivity contribution in [3.63, 3.8) is 0 Å². The minimum atomic E-state index is -0.0960. The van der Waals surface area contributed by atoms with Crippen molar-refractivity contribution in [3.05, 3.63) is 28.8 Å². The van der Waals surface area contributed by atoms with Gasteiger partial charge in [0, 0.05) is 29.8 Å². The van der Waals surface area contributed by atoms with E-state index in [2.05, 4.69) is 18.3 Å². The van der Waals surface area contributed by atoms with Gasteiger partial charge in [-0.05, 0) is 38.5 Å². The molecule has 0 heterocycles. The predicted molar refractivity (Wildman–Crippen MR) is 86.6 cm³/mol. The predicted octanol–water partition coefficient (Wildman–Crippen LogP) is 3.93. The van der Waals surface area contributed by atoms with Crippen molar-refractivity contribution in [2.24, 2.45) is 0 Å². The molecule has 114 valence electrons. The van der Waals surface area contributed by atoms with Gasteiger partial charge in [0.2, 0.25) is 0 Å². The molecule has 4 nitrogen and oxygen atoms in total. The van der Waals surface area contributed by atoms with Crippen molar-refractivity contribution in [1.82, 2.24) is 4.90 Å². The van der Waals surface area contributed by atoms with Crippen molar-refractivity contribution in [2.75, 3.05) is 18.4 Å². The third-order valence-electron chi connectivity index (χ3n) is 3.13.